The van der Waals surface area contributed by atoms with Crippen LogP contribution in [0.2, 0.25) is 5.02 Å². The van der Waals surface area contributed by atoms with Crippen LogP contribution in [0, 0.1) is 0 Å². The van der Waals surface area contributed by atoms with Gasteiger partial charge in [-0.25, -0.2) is 8.42 Å². The van der Waals surface area contributed by atoms with Gasteiger partial charge in [0, 0.05) is 11.3 Å². The van der Waals surface area contributed by atoms with Gasteiger partial charge in [0.2, 0.25) is 10.0 Å². The predicted octanol–water partition coefficient (Wildman–Crippen LogP) is 3.35. The van der Waals surface area contributed by atoms with Crippen LogP contribution >= 0.6 is 11.6 Å². The highest BCUT2D eigenvalue weighted by Crippen LogP contribution is 2.21. The molecule has 116 valence electrons. The molecule has 2 rings (SSSR count). The van der Waals surface area contributed by atoms with Crippen LogP contribution in [0.5, 0.6) is 0 Å². The molecule has 0 aromatic heterocycles. The molecule has 22 heavy (non-hydrogen) atoms. The molecule has 0 fully saturated rings. The van der Waals surface area contributed by atoms with Gasteiger partial charge in [0.25, 0.3) is 5.91 Å². The Labute approximate surface area is 134 Å². The Balaban J connectivity index is 2.19. The maximum Gasteiger partial charge on any atom is 0.255 e. The molecule has 0 spiro atoms. The molecule has 0 heterocycles. The molecule has 0 radical (unpaired) electrons. The van der Waals surface area contributed by atoms with Crippen molar-refractivity contribution in [2.45, 2.75) is 6.92 Å². The lowest BCUT2D eigenvalue weighted by molar-refractivity contribution is 0.102. The number of halogens is 1. The molecule has 7 heteroatoms. The molecule has 2 aromatic carbocycles. The Morgan fingerprint density at radius 3 is 2.55 bits per heavy atom. The quantitative estimate of drug-likeness (QED) is 0.877. The van der Waals surface area contributed by atoms with E-state index in [9.17, 15) is 13.2 Å². The number of amides is 1. The number of carbonyl (C=O) groups excluding carboxylic acids is 1. The van der Waals surface area contributed by atoms with Crippen molar-refractivity contribution in [2.75, 3.05) is 15.8 Å². The fourth-order valence-electron chi connectivity index (χ4n) is 1.73. The summed E-state index contributed by atoms with van der Waals surface area (Å²) < 4.78 is 25.5. The van der Waals surface area contributed by atoms with Crippen molar-refractivity contribution in [3.63, 3.8) is 0 Å². The predicted molar refractivity (Wildman–Crippen MR) is 88.9 cm³/mol. The summed E-state index contributed by atoms with van der Waals surface area (Å²) in [6.07, 6.45) is 0. The minimum atomic E-state index is -3.38. The van der Waals surface area contributed by atoms with Gasteiger partial charge >= 0.3 is 0 Å². The van der Waals surface area contributed by atoms with E-state index in [1.54, 1.807) is 42.5 Å². The van der Waals surface area contributed by atoms with E-state index in [-0.39, 0.29) is 11.7 Å². The van der Waals surface area contributed by atoms with Gasteiger partial charge < -0.3 is 5.32 Å². The summed E-state index contributed by atoms with van der Waals surface area (Å²) in [6.45, 7) is 1.54. The van der Waals surface area contributed by atoms with Crippen LogP contribution in [0.25, 0.3) is 0 Å². The average molecular weight is 339 g/mol. The summed E-state index contributed by atoms with van der Waals surface area (Å²) in [5, 5.41) is 3.11. The molecule has 1 amide bonds. The first-order chi connectivity index (χ1) is 10.4. The summed E-state index contributed by atoms with van der Waals surface area (Å²) >= 11 is 5.99. The molecule has 2 N–H and O–H groups in total. The van der Waals surface area contributed by atoms with Crippen LogP contribution in [-0.4, -0.2) is 20.1 Å². The van der Waals surface area contributed by atoms with E-state index >= 15 is 0 Å². The molecule has 2 aromatic rings. The van der Waals surface area contributed by atoms with E-state index in [0.717, 1.165) is 0 Å². The number of benzene rings is 2. The van der Waals surface area contributed by atoms with Crippen LogP contribution in [0.3, 0.4) is 0 Å². The zero-order valence-corrected chi connectivity index (χ0v) is 13.4. The van der Waals surface area contributed by atoms with E-state index in [1.165, 1.54) is 13.0 Å². The van der Waals surface area contributed by atoms with Crippen molar-refractivity contribution < 1.29 is 13.2 Å². The van der Waals surface area contributed by atoms with Gasteiger partial charge in [-0.3, -0.25) is 9.52 Å². The molecular weight excluding hydrogens is 324 g/mol. The van der Waals surface area contributed by atoms with E-state index in [1.807, 2.05) is 0 Å². The smallest absolute Gasteiger partial charge is 0.255 e. The highest BCUT2D eigenvalue weighted by atomic mass is 35.5. The second-order valence-electron chi connectivity index (χ2n) is 4.52. The first kappa shape index (κ1) is 16.3. The number of sulfonamides is 1. The van der Waals surface area contributed by atoms with Gasteiger partial charge in [0.05, 0.1) is 16.5 Å². The Morgan fingerprint density at radius 2 is 1.86 bits per heavy atom. The Morgan fingerprint density at radius 1 is 1.14 bits per heavy atom. The molecule has 5 nitrogen and oxygen atoms in total. The fraction of sp³-hybridized carbons (Fsp3) is 0.133. The minimum absolute atomic E-state index is 0.0386. The third-order valence-electron chi connectivity index (χ3n) is 2.90. The molecule has 0 bridgehead atoms. The number of carbonyl (C=O) groups is 1. The van der Waals surface area contributed by atoms with Crippen LogP contribution in [0.4, 0.5) is 11.4 Å². The van der Waals surface area contributed by atoms with Crippen molar-refractivity contribution in [3.8, 4) is 0 Å². The first-order valence-electron chi connectivity index (χ1n) is 6.58. The lowest BCUT2D eigenvalue weighted by atomic mass is 10.2. The maximum absolute atomic E-state index is 12.2. The standard InChI is InChI=1S/C15H15ClN2O3S/c1-2-22(20,21)18-12-7-5-6-11(10-12)15(19)17-14-9-4-3-8-13(14)16/h3-10,18H,2H2,1H3,(H,17,19). The summed E-state index contributed by atoms with van der Waals surface area (Å²) in [4.78, 5) is 12.2. The lowest BCUT2D eigenvalue weighted by Gasteiger charge is -2.09. The van der Waals surface area contributed by atoms with Crippen molar-refractivity contribution in [1.29, 1.82) is 0 Å². The van der Waals surface area contributed by atoms with Gasteiger partial charge in [-0.15, -0.1) is 0 Å². The van der Waals surface area contributed by atoms with Crippen LogP contribution < -0.4 is 10.0 Å². The largest absolute Gasteiger partial charge is 0.321 e. The van der Waals surface area contributed by atoms with Gasteiger partial charge in [-0.1, -0.05) is 29.8 Å². The van der Waals surface area contributed by atoms with E-state index in [2.05, 4.69) is 10.0 Å². The zero-order valence-electron chi connectivity index (χ0n) is 11.8. The van der Waals surface area contributed by atoms with Crippen LogP contribution in [0.1, 0.15) is 17.3 Å². The summed E-state index contributed by atoms with van der Waals surface area (Å²) in [7, 11) is -3.38. The Hall–Kier alpha value is -2.05. The SMILES string of the molecule is CCS(=O)(=O)Nc1cccc(C(=O)Nc2ccccc2Cl)c1. The van der Waals surface area contributed by atoms with Gasteiger partial charge in [-0.2, -0.15) is 0 Å². The Kier molecular flexibility index (Phi) is 5.05. The second kappa shape index (κ2) is 6.81. The molecule has 0 aliphatic heterocycles. The monoisotopic (exact) mass is 338 g/mol. The number of hydrogen-bond donors (Lipinski definition) is 2. The highest BCUT2D eigenvalue weighted by molar-refractivity contribution is 7.92. The number of anilines is 2. The number of para-hydroxylation sites is 1. The van der Waals surface area contributed by atoms with Crippen LogP contribution in [0.15, 0.2) is 48.5 Å². The molecule has 0 aliphatic carbocycles. The fourth-order valence-corrected chi connectivity index (χ4v) is 2.55. The van der Waals surface area contributed by atoms with Gasteiger partial charge in [-0.05, 0) is 37.3 Å². The van der Waals surface area contributed by atoms with Gasteiger partial charge in [0.15, 0.2) is 0 Å². The van der Waals surface area contributed by atoms with Crippen molar-refractivity contribution in [3.05, 3.63) is 59.1 Å². The summed E-state index contributed by atoms with van der Waals surface area (Å²) in [6, 6.07) is 13.1. The first-order valence-corrected chi connectivity index (χ1v) is 8.61. The minimum Gasteiger partial charge on any atom is -0.321 e. The summed E-state index contributed by atoms with van der Waals surface area (Å²) in [5.41, 5.74) is 1.17. The molecule has 0 saturated heterocycles. The van der Waals surface area contributed by atoms with E-state index in [0.29, 0.717) is 22.0 Å². The molecule has 0 saturated carbocycles. The maximum atomic E-state index is 12.2. The molecular formula is C15H15ClN2O3S. The van der Waals surface area contributed by atoms with Crippen LogP contribution in [-0.2, 0) is 10.0 Å². The normalized spacial score (nSPS) is 11.0. The van der Waals surface area contributed by atoms with Crippen molar-refractivity contribution >= 4 is 38.9 Å². The summed E-state index contributed by atoms with van der Waals surface area (Å²) in [5.74, 6) is -0.408. The number of nitrogens with one attached hydrogen (secondary N) is 2. The Bertz CT molecular complexity index is 791. The van der Waals surface area contributed by atoms with Gasteiger partial charge in [0.1, 0.15) is 0 Å². The zero-order chi connectivity index (χ0) is 16.2. The van der Waals surface area contributed by atoms with Crippen molar-refractivity contribution in [1.82, 2.24) is 0 Å². The average Bonchev–Trinajstić information content (AvgIpc) is 2.49. The topological polar surface area (TPSA) is 75.3 Å². The number of hydrogen-bond acceptors (Lipinski definition) is 3. The number of rotatable bonds is 5. The third-order valence-corrected chi connectivity index (χ3v) is 4.54. The molecule has 0 atom stereocenters. The highest BCUT2D eigenvalue weighted by Gasteiger charge is 2.11. The van der Waals surface area contributed by atoms with E-state index < -0.39 is 10.0 Å². The molecule has 0 aliphatic rings. The lowest BCUT2D eigenvalue weighted by Crippen LogP contribution is -2.16. The molecule has 0 unspecified atom stereocenters. The van der Waals surface area contributed by atoms with Crippen molar-refractivity contribution in [2.24, 2.45) is 0 Å². The van der Waals surface area contributed by atoms with E-state index in [4.69, 9.17) is 11.6 Å². The second-order valence-corrected chi connectivity index (χ2v) is 6.94. The third kappa shape index (κ3) is 4.22.